The van der Waals surface area contributed by atoms with Gasteiger partial charge in [-0.25, -0.2) is 0 Å². The van der Waals surface area contributed by atoms with Crippen LogP contribution >= 0.6 is 0 Å². The Bertz CT molecular complexity index is 176. The molecule has 0 aromatic carbocycles. The maximum absolute atomic E-state index is 3.68. The smallest absolute Gasteiger partial charge is 0.00411 e. The summed E-state index contributed by atoms with van der Waals surface area (Å²) in [6, 6.07) is 0.695. The summed E-state index contributed by atoms with van der Waals surface area (Å²) >= 11 is 0. The molecule has 1 heteroatoms. The van der Waals surface area contributed by atoms with Crippen LogP contribution < -0.4 is 5.32 Å². The Balaban J connectivity index is 2.05. The van der Waals surface area contributed by atoms with Gasteiger partial charge in [-0.15, -0.1) is 0 Å². The first-order chi connectivity index (χ1) is 7.58. The molecule has 0 radical (unpaired) electrons. The highest BCUT2D eigenvalue weighted by Crippen LogP contribution is 2.30. The fourth-order valence-corrected chi connectivity index (χ4v) is 3.15. The lowest BCUT2D eigenvalue weighted by Crippen LogP contribution is -2.30. The van der Waals surface area contributed by atoms with Gasteiger partial charge in [0.25, 0.3) is 0 Å². The van der Waals surface area contributed by atoms with E-state index in [0.717, 1.165) is 17.8 Å². The average molecular weight is 225 g/mol. The van der Waals surface area contributed by atoms with Crippen molar-refractivity contribution in [3.05, 3.63) is 0 Å². The highest BCUT2D eigenvalue weighted by molar-refractivity contribution is 4.72. The molecule has 0 aromatic rings. The molecular weight excluding hydrogens is 194 g/mol. The molecule has 1 fully saturated rings. The Morgan fingerprint density at radius 1 is 1.19 bits per heavy atom. The van der Waals surface area contributed by atoms with Crippen molar-refractivity contribution in [2.24, 2.45) is 17.8 Å². The van der Waals surface area contributed by atoms with Crippen LogP contribution in [0.2, 0.25) is 0 Å². The molecule has 0 amide bonds. The van der Waals surface area contributed by atoms with Crippen molar-refractivity contribution < 1.29 is 0 Å². The van der Waals surface area contributed by atoms with Crippen LogP contribution in [0, 0.1) is 17.8 Å². The van der Waals surface area contributed by atoms with Crippen molar-refractivity contribution in [2.75, 3.05) is 6.54 Å². The van der Waals surface area contributed by atoms with Crippen LogP contribution in [0.25, 0.3) is 0 Å². The second-order valence-corrected chi connectivity index (χ2v) is 6.41. The molecule has 1 nitrogen and oxygen atoms in total. The first-order valence-electron chi connectivity index (χ1n) is 7.31. The number of hydrogen-bond acceptors (Lipinski definition) is 1. The molecule has 1 N–H and O–H groups in total. The zero-order valence-corrected chi connectivity index (χ0v) is 11.8. The molecule has 0 bridgehead atoms. The first-order valence-corrected chi connectivity index (χ1v) is 7.31. The van der Waals surface area contributed by atoms with Crippen molar-refractivity contribution >= 4 is 0 Å². The summed E-state index contributed by atoms with van der Waals surface area (Å²) in [6.45, 7) is 10.6. The molecule has 3 unspecified atom stereocenters. The van der Waals surface area contributed by atoms with Gasteiger partial charge in [-0.1, -0.05) is 40.0 Å². The van der Waals surface area contributed by atoms with E-state index in [0.29, 0.717) is 6.04 Å². The molecular formula is C15H31N. The zero-order chi connectivity index (χ0) is 12.0. The minimum absolute atomic E-state index is 0.695. The third-order valence-corrected chi connectivity index (χ3v) is 3.92. The second-order valence-electron chi connectivity index (χ2n) is 6.41. The summed E-state index contributed by atoms with van der Waals surface area (Å²) in [5.74, 6) is 2.80. The monoisotopic (exact) mass is 225 g/mol. The van der Waals surface area contributed by atoms with E-state index in [4.69, 9.17) is 0 Å². The van der Waals surface area contributed by atoms with Gasteiger partial charge in [0.15, 0.2) is 0 Å². The van der Waals surface area contributed by atoms with E-state index in [1.54, 1.807) is 0 Å². The molecule has 0 heterocycles. The molecule has 1 rings (SSSR count). The number of nitrogens with one attached hydrogen (secondary N) is 1. The topological polar surface area (TPSA) is 12.0 Å². The normalized spacial score (nSPS) is 28.3. The van der Waals surface area contributed by atoms with Gasteiger partial charge in [-0.3, -0.25) is 0 Å². The fourth-order valence-electron chi connectivity index (χ4n) is 3.15. The van der Waals surface area contributed by atoms with Gasteiger partial charge in [0.2, 0.25) is 0 Å². The fraction of sp³-hybridized carbons (Fsp3) is 1.00. The molecule has 96 valence electrons. The van der Waals surface area contributed by atoms with E-state index in [2.05, 4.69) is 33.0 Å². The van der Waals surface area contributed by atoms with E-state index < -0.39 is 0 Å². The summed E-state index contributed by atoms with van der Waals surface area (Å²) in [5, 5.41) is 3.68. The third-order valence-electron chi connectivity index (χ3n) is 3.92. The second kappa shape index (κ2) is 7.32. The lowest BCUT2D eigenvalue weighted by Gasteiger charge is -2.27. The van der Waals surface area contributed by atoms with E-state index in [1.807, 2.05) is 0 Å². The van der Waals surface area contributed by atoms with E-state index >= 15 is 0 Å². The lowest BCUT2D eigenvalue weighted by molar-refractivity contribution is 0.264. The molecule has 0 saturated heterocycles. The van der Waals surface area contributed by atoms with E-state index in [1.165, 1.54) is 45.1 Å². The zero-order valence-electron chi connectivity index (χ0n) is 11.8. The predicted molar refractivity (Wildman–Crippen MR) is 72.7 cm³/mol. The van der Waals surface area contributed by atoms with Crippen LogP contribution in [0.3, 0.4) is 0 Å². The summed E-state index contributed by atoms with van der Waals surface area (Å²) in [5.41, 5.74) is 0. The Hall–Kier alpha value is -0.0400. The Morgan fingerprint density at radius 2 is 1.94 bits per heavy atom. The van der Waals surface area contributed by atoms with Gasteiger partial charge in [-0.2, -0.15) is 0 Å². The van der Waals surface area contributed by atoms with Crippen LogP contribution in [0.5, 0.6) is 0 Å². The van der Waals surface area contributed by atoms with Crippen LogP contribution in [0.4, 0.5) is 0 Å². The van der Waals surface area contributed by atoms with Crippen molar-refractivity contribution in [2.45, 2.75) is 72.3 Å². The maximum atomic E-state index is 3.68. The van der Waals surface area contributed by atoms with E-state index in [9.17, 15) is 0 Å². The molecule has 1 saturated carbocycles. The largest absolute Gasteiger partial charge is 0.314 e. The van der Waals surface area contributed by atoms with Crippen molar-refractivity contribution in [1.29, 1.82) is 0 Å². The summed E-state index contributed by atoms with van der Waals surface area (Å²) in [4.78, 5) is 0. The molecule has 0 aliphatic heterocycles. The Morgan fingerprint density at radius 3 is 2.56 bits per heavy atom. The van der Waals surface area contributed by atoms with Gasteiger partial charge < -0.3 is 5.32 Å². The van der Waals surface area contributed by atoms with Crippen molar-refractivity contribution in [3.8, 4) is 0 Å². The molecule has 3 atom stereocenters. The maximum Gasteiger partial charge on any atom is 0.00411 e. The minimum atomic E-state index is 0.695. The first kappa shape index (κ1) is 14.0. The minimum Gasteiger partial charge on any atom is -0.314 e. The molecule has 1 aliphatic rings. The molecule has 1 aliphatic carbocycles. The summed E-state index contributed by atoms with van der Waals surface area (Å²) in [7, 11) is 0. The highest BCUT2D eigenvalue weighted by Gasteiger charge is 2.18. The third kappa shape index (κ3) is 5.89. The Kier molecular flexibility index (Phi) is 6.41. The highest BCUT2D eigenvalue weighted by atomic mass is 14.9. The van der Waals surface area contributed by atoms with Crippen molar-refractivity contribution in [3.63, 3.8) is 0 Å². The molecule has 0 spiro atoms. The Labute approximate surface area is 102 Å². The molecule has 0 aromatic heterocycles. The van der Waals surface area contributed by atoms with Crippen LogP contribution in [0.1, 0.15) is 66.2 Å². The van der Waals surface area contributed by atoms with Crippen molar-refractivity contribution in [1.82, 2.24) is 5.32 Å². The SMILES string of the molecule is CC(C)CC(C)NCCC1CCCC(C)C1. The van der Waals surface area contributed by atoms with E-state index in [-0.39, 0.29) is 0 Å². The van der Waals surface area contributed by atoms with Gasteiger partial charge in [0.1, 0.15) is 0 Å². The quantitative estimate of drug-likeness (QED) is 0.713. The van der Waals surface area contributed by atoms with Gasteiger partial charge in [0, 0.05) is 6.04 Å². The van der Waals surface area contributed by atoms with Crippen LogP contribution in [-0.2, 0) is 0 Å². The summed E-state index contributed by atoms with van der Waals surface area (Å²) < 4.78 is 0. The van der Waals surface area contributed by atoms with Gasteiger partial charge >= 0.3 is 0 Å². The lowest BCUT2D eigenvalue weighted by atomic mass is 9.81. The standard InChI is InChI=1S/C15H31N/c1-12(2)10-14(4)16-9-8-15-7-5-6-13(3)11-15/h12-16H,5-11H2,1-4H3. The van der Waals surface area contributed by atoms with Gasteiger partial charge in [-0.05, 0) is 50.5 Å². The van der Waals surface area contributed by atoms with Crippen LogP contribution in [-0.4, -0.2) is 12.6 Å². The predicted octanol–water partition coefficient (Wildman–Crippen LogP) is 4.23. The average Bonchev–Trinajstić information content (AvgIpc) is 2.16. The number of hydrogen-bond donors (Lipinski definition) is 1. The van der Waals surface area contributed by atoms with Crippen LogP contribution in [0.15, 0.2) is 0 Å². The van der Waals surface area contributed by atoms with Gasteiger partial charge in [0.05, 0.1) is 0 Å². The molecule has 16 heavy (non-hydrogen) atoms. The number of rotatable bonds is 6. The summed E-state index contributed by atoms with van der Waals surface area (Å²) in [6.07, 6.45) is 8.58.